The van der Waals surface area contributed by atoms with Crippen LogP contribution in [0.4, 0.5) is 5.69 Å². The number of carboxylic acids is 1. The average Bonchev–Trinajstić information content (AvgIpc) is 3.21. The monoisotopic (exact) mass is 450 g/mol. The van der Waals surface area contributed by atoms with Gasteiger partial charge in [-0.2, -0.15) is 0 Å². The second kappa shape index (κ2) is 9.27. The molecule has 32 heavy (non-hydrogen) atoms. The van der Waals surface area contributed by atoms with Crippen LogP contribution in [0.1, 0.15) is 38.6 Å². The zero-order valence-corrected chi connectivity index (χ0v) is 18.3. The van der Waals surface area contributed by atoms with Gasteiger partial charge in [0.25, 0.3) is 5.91 Å². The van der Waals surface area contributed by atoms with Gasteiger partial charge in [0, 0.05) is 36.7 Å². The molecule has 1 fully saturated rings. The Morgan fingerprint density at radius 1 is 1.19 bits per heavy atom. The van der Waals surface area contributed by atoms with Crippen molar-refractivity contribution in [3.8, 4) is 10.6 Å². The number of aromatic carboxylic acids is 1. The molecule has 1 saturated heterocycles. The first kappa shape index (κ1) is 21.6. The zero-order chi connectivity index (χ0) is 22.7. The van der Waals surface area contributed by atoms with Crippen LogP contribution in [-0.2, 0) is 4.79 Å². The van der Waals surface area contributed by atoms with Gasteiger partial charge < -0.3 is 15.3 Å². The summed E-state index contributed by atoms with van der Waals surface area (Å²) in [6.45, 7) is 2.74. The van der Waals surface area contributed by atoms with E-state index in [0.29, 0.717) is 35.8 Å². The largest absolute Gasteiger partial charge is 0.478 e. The molecule has 1 atom stereocenters. The Balaban J connectivity index is 1.43. The maximum Gasteiger partial charge on any atom is 0.335 e. The van der Waals surface area contributed by atoms with Crippen molar-refractivity contribution in [2.75, 3.05) is 18.4 Å². The lowest BCUT2D eigenvalue weighted by atomic mass is 9.96. The molecule has 4 rings (SSSR count). The summed E-state index contributed by atoms with van der Waals surface area (Å²) < 4.78 is 0. The van der Waals surface area contributed by atoms with Crippen LogP contribution in [0.15, 0.2) is 48.8 Å². The fraction of sp³-hybridized carbons (Fsp3) is 0.261. The van der Waals surface area contributed by atoms with E-state index < -0.39 is 5.97 Å². The van der Waals surface area contributed by atoms with Gasteiger partial charge in [-0.05, 0) is 56.2 Å². The second-order valence-corrected chi connectivity index (χ2v) is 8.64. The van der Waals surface area contributed by atoms with Crippen LogP contribution in [0, 0.1) is 12.8 Å². The molecule has 3 heterocycles. The summed E-state index contributed by atoms with van der Waals surface area (Å²) >= 11 is 1.34. The third kappa shape index (κ3) is 4.67. The number of benzene rings is 1. The van der Waals surface area contributed by atoms with E-state index in [1.165, 1.54) is 23.5 Å². The number of pyridine rings is 1. The number of aromatic nitrogens is 2. The van der Waals surface area contributed by atoms with E-state index in [1.807, 2.05) is 19.1 Å². The smallest absolute Gasteiger partial charge is 0.335 e. The number of carbonyl (C=O) groups excluding carboxylic acids is 2. The van der Waals surface area contributed by atoms with Crippen LogP contribution < -0.4 is 5.32 Å². The van der Waals surface area contributed by atoms with Gasteiger partial charge >= 0.3 is 5.97 Å². The number of aryl methyl sites for hydroxylation is 1. The lowest BCUT2D eigenvalue weighted by Gasteiger charge is -2.31. The number of amides is 2. The Kier molecular flexibility index (Phi) is 6.27. The minimum absolute atomic E-state index is 0.113. The number of likely N-dealkylation sites (tertiary alicyclic amines) is 1. The average molecular weight is 451 g/mol. The Hall–Kier alpha value is -3.59. The van der Waals surface area contributed by atoms with Crippen molar-refractivity contribution in [1.82, 2.24) is 14.9 Å². The molecule has 0 spiro atoms. The van der Waals surface area contributed by atoms with Crippen LogP contribution in [0.2, 0.25) is 0 Å². The van der Waals surface area contributed by atoms with Crippen molar-refractivity contribution < 1.29 is 19.5 Å². The van der Waals surface area contributed by atoms with Crippen molar-refractivity contribution >= 4 is 34.8 Å². The molecule has 2 aromatic heterocycles. The lowest BCUT2D eigenvalue weighted by molar-refractivity contribution is -0.121. The predicted molar refractivity (Wildman–Crippen MR) is 121 cm³/mol. The first-order valence-corrected chi connectivity index (χ1v) is 11.1. The van der Waals surface area contributed by atoms with Crippen molar-refractivity contribution in [1.29, 1.82) is 0 Å². The van der Waals surface area contributed by atoms with E-state index in [-0.39, 0.29) is 23.3 Å². The fourth-order valence-corrected chi connectivity index (χ4v) is 4.69. The maximum absolute atomic E-state index is 13.2. The summed E-state index contributed by atoms with van der Waals surface area (Å²) in [6.07, 6.45) is 4.83. The molecule has 8 nitrogen and oxygen atoms in total. The SMILES string of the molecule is Cc1nc(-c2cccnc2)sc1C(=O)N1CCCC(C(=O)Nc2ccc(C(=O)O)cc2)C1. The van der Waals surface area contributed by atoms with Gasteiger partial charge in [-0.1, -0.05) is 0 Å². The van der Waals surface area contributed by atoms with Gasteiger partial charge in [-0.3, -0.25) is 14.6 Å². The van der Waals surface area contributed by atoms with Crippen molar-refractivity contribution in [2.24, 2.45) is 5.92 Å². The molecule has 3 aromatic rings. The third-order valence-corrected chi connectivity index (χ3v) is 6.57. The molecule has 1 aromatic carbocycles. The van der Waals surface area contributed by atoms with E-state index in [0.717, 1.165) is 17.0 Å². The molecule has 0 saturated carbocycles. The van der Waals surface area contributed by atoms with Gasteiger partial charge in [0.15, 0.2) is 0 Å². The summed E-state index contributed by atoms with van der Waals surface area (Å²) in [5, 5.41) is 12.6. The topological polar surface area (TPSA) is 112 Å². The second-order valence-electron chi connectivity index (χ2n) is 7.64. The minimum Gasteiger partial charge on any atom is -0.478 e. The molecular formula is C23H22N4O4S. The first-order chi connectivity index (χ1) is 15.4. The minimum atomic E-state index is -1.02. The van der Waals surface area contributed by atoms with E-state index in [4.69, 9.17) is 5.11 Å². The predicted octanol–water partition coefficient (Wildman–Crippen LogP) is 3.70. The summed E-state index contributed by atoms with van der Waals surface area (Å²) in [5.41, 5.74) is 2.22. The molecule has 1 aliphatic heterocycles. The Bertz CT molecular complexity index is 1140. The molecule has 164 valence electrons. The number of carbonyl (C=O) groups is 3. The molecule has 2 N–H and O–H groups in total. The third-order valence-electron chi connectivity index (χ3n) is 5.38. The van der Waals surface area contributed by atoms with E-state index in [2.05, 4.69) is 15.3 Å². The molecule has 1 unspecified atom stereocenters. The van der Waals surface area contributed by atoms with Gasteiger partial charge in [0.05, 0.1) is 17.2 Å². The molecular weight excluding hydrogens is 428 g/mol. The summed E-state index contributed by atoms with van der Waals surface area (Å²) in [5.74, 6) is -1.65. The zero-order valence-electron chi connectivity index (χ0n) is 17.4. The highest BCUT2D eigenvalue weighted by Crippen LogP contribution is 2.29. The van der Waals surface area contributed by atoms with Crippen molar-refractivity contribution in [3.63, 3.8) is 0 Å². The van der Waals surface area contributed by atoms with Gasteiger partial charge in [0.1, 0.15) is 9.88 Å². The molecule has 0 bridgehead atoms. The van der Waals surface area contributed by atoms with Gasteiger partial charge in [0.2, 0.25) is 5.91 Å². The number of piperidine rings is 1. The number of thiazole rings is 1. The Morgan fingerprint density at radius 3 is 2.66 bits per heavy atom. The molecule has 0 aliphatic carbocycles. The first-order valence-electron chi connectivity index (χ1n) is 10.2. The van der Waals surface area contributed by atoms with Crippen LogP contribution in [0.3, 0.4) is 0 Å². The quantitative estimate of drug-likeness (QED) is 0.613. The summed E-state index contributed by atoms with van der Waals surface area (Å²) in [6, 6.07) is 9.75. The normalized spacial score (nSPS) is 15.9. The number of nitrogens with one attached hydrogen (secondary N) is 1. The Labute approximate surface area is 188 Å². The van der Waals surface area contributed by atoms with Crippen LogP contribution in [0.25, 0.3) is 10.6 Å². The highest BCUT2D eigenvalue weighted by atomic mass is 32.1. The highest BCUT2D eigenvalue weighted by Gasteiger charge is 2.30. The summed E-state index contributed by atoms with van der Waals surface area (Å²) in [7, 11) is 0. The van der Waals surface area contributed by atoms with E-state index in [9.17, 15) is 14.4 Å². The lowest BCUT2D eigenvalue weighted by Crippen LogP contribution is -2.43. The van der Waals surface area contributed by atoms with Crippen LogP contribution >= 0.6 is 11.3 Å². The maximum atomic E-state index is 13.2. The van der Waals surface area contributed by atoms with Crippen molar-refractivity contribution in [3.05, 3.63) is 64.9 Å². The van der Waals surface area contributed by atoms with Gasteiger partial charge in [-0.15, -0.1) is 11.3 Å². The fourth-order valence-electron chi connectivity index (χ4n) is 3.67. The van der Waals surface area contributed by atoms with Gasteiger partial charge in [-0.25, -0.2) is 9.78 Å². The number of anilines is 1. The van der Waals surface area contributed by atoms with Crippen LogP contribution in [0.5, 0.6) is 0 Å². The molecule has 2 amide bonds. The van der Waals surface area contributed by atoms with Crippen molar-refractivity contribution in [2.45, 2.75) is 19.8 Å². The molecule has 9 heteroatoms. The van der Waals surface area contributed by atoms with Crippen LogP contribution in [-0.4, -0.2) is 50.8 Å². The van der Waals surface area contributed by atoms with E-state index in [1.54, 1.807) is 29.4 Å². The molecule has 0 radical (unpaired) electrons. The molecule has 1 aliphatic rings. The number of hydrogen-bond acceptors (Lipinski definition) is 6. The van der Waals surface area contributed by atoms with E-state index >= 15 is 0 Å². The highest BCUT2D eigenvalue weighted by molar-refractivity contribution is 7.17. The number of rotatable bonds is 5. The number of carboxylic acid groups (broad SMARTS) is 1. The standard InChI is InChI=1S/C23H22N4O4S/c1-14-19(32-21(25-14)16-4-2-10-24-12-16)22(29)27-11-3-5-17(13-27)20(28)26-18-8-6-15(7-9-18)23(30)31/h2,4,6-10,12,17H,3,5,11,13H2,1H3,(H,26,28)(H,30,31). The Morgan fingerprint density at radius 2 is 1.97 bits per heavy atom. The number of nitrogens with zero attached hydrogens (tertiary/aromatic N) is 3. The summed E-state index contributed by atoms with van der Waals surface area (Å²) in [4.78, 5) is 47.9. The number of hydrogen-bond donors (Lipinski definition) is 2.